The molecule has 0 aromatic carbocycles. The van der Waals surface area contributed by atoms with Crippen LogP contribution in [0.15, 0.2) is 0 Å². The fraction of sp³-hybridized carbons (Fsp3) is 0.846. The highest BCUT2D eigenvalue weighted by atomic mass is 16.5. The van der Waals surface area contributed by atoms with Crippen molar-refractivity contribution in [1.82, 2.24) is 10.2 Å². The Bertz CT molecular complexity index is 344. The van der Waals surface area contributed by atoms with E-state index in [-0.39, 0.29) is 24.5 Å². The molecule has 6 nitrogen and oxygen atoms in total. The van der Waals surface area contributed by atoms with Crippen LogP contribution in [-0.2, 0) is 9.53 Å². The Morgan fingerprint density at radius 1 is 1.47 bits per heavy atom. The molecule has 0 bridgehead atoms. The van der Waals surface area contributed by atoms with Gasteiger partial charge in [-0.05, 0) is 25.2 Å². The van der Waals surface area contributed by atoms with Gasteiger partial charge in [-0.25, -0.2) is 4.79 Å². The van der Waals surface area contributed by atoms with Gasteiger partial charge in [0.2, 0.25) is 0 Å². The van der Waals surface area contributed by atoms with Crippen LogP contribution in [0.4, 0.5) is 4.79 Å². The molecule has 2 rings (SSSR count). The first-order chi connectivity index (χ1) is 9.11. The van der Waals surface area contributed by atoms with Gasteiger partial charge in [0.15, 0.2) is 0 Å². The molecular formula is C13H22N2O4. The lowest BCUT2D eigenvalue weighted by atomic mass is 10.1. The van der Waals surface area contributed by atoms with Crippen LogP contribution in [0.1, 0.15) is 32.6 Å². The third kappa shape index (κ3) is 3.83. The van der Waals surface area contributed by atoms with Crippen molar-refractivity contribution < 1.29 is 19.4 Å². The van der Waals surface area contributed by atoms with Crippen LogP contribution >= 0.6 is 0 Å². The molecule has 1 aliphatic heterocycles. The molecule has 2 unspecified atom stereocenters. The summed E-state index contributed by atoms with van der Waals surface area (Å²) in [6.07, 6.45) is 2.88. The summed E-state index contributed by atoms with van der Waals surface area (Å²) in [6.45, 7) is 3.72. The van der Waals surface area contributed by atoms with Gasteiger partial charge in [-0.2, -0.15) is 0 Å². The van der Waals surface area contributed by atoms with Crippen LogP contribution in [-0.4, -0.2) is 53.8 Å². The Kier molecular flexibility index (Phi) is 4.63. The second kappa shape index (κ2) is 6.23. The number of ether oxygens (including phenoxy) is 1. The number of carbonyl (C=O) groups excluding carboxylic acids is 1. The standard InChI is InChI=1S/C13H22N2O4/c1-2-10-8-19-6-5-15(10)13(18)14-11(7-12(16)17)9-3-4-9/h9-11H,2-8H2,1H3,(H,14,18)(H,16,17). The minimum absolute atomic E-state index is 0.0114. The number of carboxylic acids is 1. The Morgan fingerprint density at radius 2 is 2.21 bits per heavy atom. The number of amides is 2. The number of hydrogen-bond acceptors (Lipinski definition) is 3. The maximum Gasteiger partial charge on any atom is 0.318 e. The van der Waals surface area contributed by atoms with Gasteiger partial charge >= 0.3 is 12.0 Å². The zero-order valence-corrected chi connectivity index (χ0v) is 11.3. The fourth-order valence-electron chi connectivity index (χ4n) is 2.52. The summed E-state index contributed by atoms with van der Waals surface area (Å²) >= 11 is 0. The SMILES string of the molecule is CCC1COCCN1C(=O)NC(CC(=O)O)C1CC1. The smallest absolute Gasteiger partial charge is 0.318 e. The van der Waals surface area contributed by atoms with Crippen LogP contribution in [0.5, 0.6) is 0 Å². The lowest BCUT2D eigenvalue weighted by Gasteiger charge is -2.36. The highest BCUT2D eigenvalue weighted by molar-refractivity contribution is 5.76. The second-order valence-corrected chi connectivity index (χ2v) is 5.32. The van der Waals surface area contributed by atoms with Gasteiger partial charge in [-0.1, -0.05) is 6.92 Å². The average Bonchev–Trinajstić information content (AvgIpc) is 3.21. The third-order valence-corrected chi connectivity index (χ3v) is 3.85. The number of carbonyl (C=O) groups is 2. The van der Waals surface area contributed by atoms with Gasteiger partial charge in [0.1, 0.15) is 0 Å². The highest BCUT2D eigenvalue weighted by Crippen LogP contribution is 2.34. The van der Waals surface area contributed by atoms with Crippen molar-refractivity contribution in [3.8, 4) is 0 Å². The van der Waals surface area contributed by atoms with Gasteiger partial charge in [-0.3, -0.25) is 4.79 Å². The van der Waals surface area contributed by atoms with E-state index in [4.69, 9.17) is 9.84 Å². The number of urea groups is 1. The summed E-state index contributed by atoms with van der Waals surface area (Å²) in [7, 11) is 0. The Balaban J connectivity index is 1.91. The van der Waals surface area contributed by atoms with E-state index in [0.29, 0.717) is 25.7 Å². The minimum Gasteiger partial charge on any atom is -0.481 e. The summed E-state index contributed by atoms with van der Waals surface area (Å²) in [5.41, 5.74) is 0. The Labute approximate surface area is 113 Å². The van der Waals surface area contributed by atoms with Gasteiger partial charge in [0, 0.05) is 12.6 Å². The normalized spacial score (nSPS) is 24.9. The van der Waals surface area contributed by atoms with Gasteiger partial charge in [-0.15, -0.1) is 0 Å². The van der Waals surface area contributed by atoms with Crippen LogP contribution in [0, 0.1) is 5.92 Å². The molecule has 1 saturated heterocycles. The first kappa shape index (κ1) is 14.1. The molecule has 2 aliphatic rings. The molecule has 1 heterocycles. The maximum absolute atomic E-state index is 12.3. The quantitative estimate of drug-likeness (QED) is 0.783. The molecule has 2 atom stereocenters. The van der Waals surface area contributed by atoms with Crippen molar-refractivity contribution >= 4 is 12.0 Å². The van der Waals surface area contributed by atoms with Crippen LogP contribution in [0.3, 0.4) is 0 Å². The summed E-state index contributed by atoms with van der Waals surface area (Å²) in [5.74, 6) is -0.521. The molecular weight excluding hydrogens is 248 g/mol. The zero-order chi connectivity index (χ0) is 13.8. The van der Waals surface area contributed by atoms with Crippen LogP contribution < -0.4 is 5.32 Å². The number of aliphatic carboxylic acids is 1. The average molecular weight is 270 g/mol. The summed E-state index contributed by atoms with van der Waals surface area (Å²) in [6, 6.07) is -0.280. The largest absolute Gasteiger partial charge is 0.481 e. The molecule has 108 valence electrons. The number of nitrogens with one attached hydrogen (secondary N) is 1. The predicted molar refractivity (Wildman–Crippen MR) is 68.9 cm³/mol. The Morgan fingerprint density at radius 3 is 2.79 bits per heavy atom. The topological polar surface area (TPSA) is 78.9 Å². The van der Waals surface area contributed by atoms with Crippen molar-refractivity contribution in [3.05, 3.63) is 0 Å². The van der Waals surface area contributed by atoms with E-state index < -0.39 is 5.97 Å². The minimum atomic E-state index is -0.855. The molecule has 0 spiro atoms. The molecule has 19 heavy (non-hydrogen) atoms. The van der Waals surface area contributed by atoms with Crippen molar-refractivity contribution in [2.75, 3.05) is 19.8 Å². The predicted octanol–water partition coefficient (Wildman–Crippen LogP) is 1.06. The highest BCUT2D eigenvalue weighted by Gasteiger charge is 2.35. The number of hydrogen-bond donors (Lipinski definition) is 2. The molecule has 0 aromatic rings. The molecule has 0 radical (unpaired) electrons. The van der Waals surface area contributed by atoms with Crippen molar-refractivity contribution in [2.24, 2.45) is 5.92 Å². The van der Waals surface area contributed by atoms with Gasteiger partial charge in [0.05, 0.1) is 25.7 Å². The van der Waals surface area contributed by atoms with Crippen molar-refractivity contribution in [2.45, 2.75) is 44.7 Å². The molecule has 0 aromatic heterocycles. The lowest BCUT2D eigenvalue weighted by molar-refractivity contribution is -0.137. The van der Waals surface area contributed by atoms with E-state index in [1.165, 1.54) is 0 Å². The van der Waals surface area contributed by atoms with E-state index in [1.54, 1.807) is 4.90 Å². The molecule has 2 N–H and O–H groups in total. The zero-order valence-electron chi connectivity index (χ0n) is 11.3. The third-order valence-electron chi connectivity index (χ3n) is 3.85. The van der Waals surface area contributed by atoms with Crippen LogP contribution in [0.2, 0.25) is 0 Å². The maximum atomic E-state index is 12.3. The summed E-state index contributed by atoms with van der Waals surface area (Å²) in [5, 5.41) is 11.8. The van der Waals surface area contributed by atoms with E-state index in [2.05, 4.69) is 5.32 Å². The fourth-order valence-corrected chi connectivity index (χ4v) is 2.52. The van der Waals surface area contributed by atoms with E-state index in [0.717, 1.165) is 19.3 Å². The molecule has 2 amide bonds. The number of nitrogens with zero attached hydrogens (tertiary/aromatic N) is 1. The van der Waals surface area contributed by atoms with E-state index >= 15 is 0 Å². The Hall–Kier alpha value is -1.30. The molecule has 2 fully saturated rings. The van der Waals surface area contributed by atoms with Crippen molar-refractivity contribution in [1.29, 1.82) is 0 Å². The first-order valence-corrected chi connectivity index (χ1v) is 6.98. The van der Waals surface area contributed by atoms with Gasteiger partial charge in [0.25, 0.3) is 0 Å². The molecule has 1 aliphatic carbocycles. The molecule has 1 saturated carbocycles. The van der Waals surface area contributed by atoms with Crippen molar-refractivity contribution in [3.63, 3.8) is 0 Å². The monoisotopic (exact) mass is 270 g/mol. The van der Waals surface area contributed by atoms with Gasteiger partial charge < -0.3 is 20.1 Å². The summed E-state index contributed by atoms with van der Waals surface area (Å²) < 4.78 is 5.37. The van der Waals surface area contributed by atoms with Crippen LogP contribution in [0.25, 0.3) is 0 Å². The van der Waals surface area contributed by atoms with E-state index in [9.17, 15) is 9.59 Å². The summed E-state index contributed by atoms with van der Waals surface area (Å²) in [4.78, 5) is 24.9. The number of carboxylic acid groups (broad SMARTS) is 1. The number of rotatable bonds is 5. The molecule has 6 heteroatoms. The first-order valence-electron chi connectivity index (χ1n) is 6.98. The lowest BCUT2D eigenvalue weighted by Crippen LogP contribution is -2.54. The second-order valence-electron chi connectivity index (χ2n) is 5.32. The van der Waals surface area contributed by atoms with E-state index in [1.807, 2.05) is 6.92 Å². The number of morpholine rings is 1.